The van der Waals surface area contributed by atoms with Crippen LogP contribution in [0.15, 0.2) is 103 Å². The first-order valence-corrected chi connectivity index (χ1v) is 11.4. The lowest BCUT2D eigenvalue weighted by atomic mass is 10.0. The second-order valence-corrected chi connectivity index (χ2v) is 10.9. The van der Waals surface area contributed by atoms with Crippen molar-refractivity contribution < 1.29 is 17.0 Å². The van der Waals surface area contributed by atoms with Gasteiger partial charge in [-0.05, 0) is 56.2 Å². The van der Waals surface area contributed by atoms with E-state index in [1.54, 1.807) is 5.57 Å². The molecule has 0 nitrogen and oxygen atoms in total. The van der Waals surface area contributed by atoms with E-state index in [2.05, 4.69) is 104 Å². The van der Waals surface area contributed by atoms with Gasteiger partial charge >= 0.3 is 0 Å². The molecule has 0 aliphatic heterocycles. The van der Waals surface area contributed by atoms with Gasteiger partial charge in [-0.15, -0.1) is 0 Å². The van der Waals surface area contributed by atoms with Gasteiger partial charge in [-0.25, -0.2) is 0 Å². The van der Waals surface area contributed by atoms with Crippen LogP contribution in [0.1, 0.15) is 26.2 Å². The zero-order valence-electron chi connectivity index (χ0n) is 15.8. The minimum absolute atomic E-state index is 0. The number of halogens is 1. The highest BCUT2D eigenvalue weighted by Gasteiger charge is 2.51. The maximum atomic E-state index is 2.48. The van der Waals surface area contributed by atoms with Crippen LogP contribution < -0.4 is 32.9 Å². The van der Waals surface area contributed by atoms with E-state index in [0.717, 1.165) is 0 Å². The van der Waals surface area contributed by atoms with Crippen LogP contribution in [-0.2, 0) is 0 Å². The van der Waals surface area contributed by atoms with E-state index in [0.29, 0.717) is 5.66 Å². The van der Waals surface area contributed by atoms with Gasteiger partial charge in [-0.2, -0.15) is 0 Å². The smallest absolute Gasteiger partial charge is 0.115 e. The van der Waals surface area contributed by atoms with Gasteiger partial charge < -0.3 is 17.0 Å². The van der Waals surface area contributed by atoms with E-state index < -0.39 is 7.26 Å². The summed E-state index contributed by atoms with van der Waals surface area (Å²) in [7, 11) is -1.70. The average molecular weight is 437 g/mol. The third-order valence-corrected chi connectivity index (χ3v) is 10.6. The summed E-state index contributed by atoms with van der Waals surface area (Å²) in [4.78, 5) is 0. The van der Waals surface area contributed by atoms with Crippen molar-refractivity contribution in [2.24, 2.45) is 0 Å². The van der Waals surface area contributed by atoms with Crippen LogP contribution in [0, 0.1) is 0 Å². The molecule has 0 saturated heterocycles. The van der Waals surface area contributed by atoms with Crippen LogP contribution >= 0.6 is 7.26 Å². The number of rotatable bonds is 4. The minimum Gasteiger partial charge on any atom is -1.00 e. The summed E-state index contributed by atoms with van der Waals surface area (Å²) < 4.78 is 0. The summed E-state index contributed by atoms with van der Waals surface area (Å²) in [6.45, 7) is 2.28. The summed E-state index contributed by atoms with van der Waals surface area (Å²) in [6.07, 6.45) is 6.16. The van der Waals surface area contributed by atoms with Crippen LogP contribution in [0.2, 0.25) is 0 Å². The van der Waals surface area contributed by atoms with E-state index >= 15 is 0 Å². The summed E-state index contributed by atoms with van der Waals surface area (Å²) >= 11 is 0. The Bertz CT molecular complexity index is 775. The zero-order chi connectivity index (χ0) is 17.8. The predicted octanol–water partition coefficient (Wildman–Crippen LogP) is 2.48. The van der Waals surface area contributed by atoms with E-state index in [1.807, 2.05) is 0 Å². The molecule has 3 aromatic carbocycles. The highest BCUT2D eigenvalue weighted by molar-refractivity contribution is 7.96. The molecule has 0 aromatic heterocycles. The van der Waals surface area contributed by atoms with Crippen molar-refractivity contribution >= 4 is 23.2 Å². The average Bonchev–Trinajstić information content (AvgIpc) is 2.72. The molecule has 0 heterocycles. The third-order valence-electron chi connectivity index (χ3n) is 5.65. The molecule has 0 fully saturated rings. The normalized spacial score (nSPS) is 16.9. The molecule has 27 heavy (non-hydrogen) atoms. The summed E-state index contributed by atoms with van der Waals surface area (Å²) in [5.41, 5.74) is 2.21. The first-order valence-electron chi connectivity index (χ1n) is 9.53. The number of hydrogen-bond acceptors (Lipinski definition) is 0. The molecule has 2 heteroatoms. The lowest BCUT2D eigenvalue weighted by molar-refractivity contribution is -0.00000511. The molecule has 0 spiro atoms. The highest BCUT2D eigenvalue weighted by atomic mass is 79.9. The molecule has 0 N–H and O–H groups in total. The number of benzene rings is 3. The van der Waals surface area contributed by atoms with Gasteiger partial charge in [0.1, 0.15) is 23.2 Å². The summed E-state index contributed by atoms with van der Waals surface area (Å²) in [5.74, 6) is 0. The first-order chi connectivity index (χ1) is 12.8. The summed E-state index contributed by atoms with van der Waals surface area (Å²) in [5, 5.41) is 4.53. The quantitative estimate of drug-likeness (QED) is 0.435. The molecule has 0 amide bonds. The van der Waals surface area contributed by atoms with E-state index in [1.165, 1.54) is 35.2 Å². The standard InChI is InChI=1S/C25H26P.BrH/c1-21-17-19-25(20-18-21)26(22-11-5-2-6-12-22,23-13-7-3-8-14-23)24-15-9-4-10-16-24;/h2-17,25H,18-20H2,1H3;1H/q+1;/p-1. The van der Waals surface area contributed by atoms with Gasteiger partial charge in [0.05, 0.1) is 5.66 Å². The SMILES string of the molecule is CC1=CCC([P+](c2ccccc2)(c2ccccc2)c2ccccc2)CC1.[Br-]. The lowest BCUT2D eigenvalue weighted by Gasteiger charge is -2.36. The van der Waals surface area contributed by atoms with E-state index in [-0.39, 0.29) is 17.0 Å². The van der Waals surface area contributed by atoms with Crippen LogP contribution in [0.3, 0.4) is 0 Å². The van der Waals surface area contributed by atoms with Crippen molar-refractivity contribution in [2.75, 3.05) is 0 Å². The Morgan fingerprint density at radius 1 is 0.667 bits per heavy atom. The van der Waals surface area contributed by atoms with Gasteiger partial charge in [-0.1, -0.05) is 66.2 Å². The van der Waals surface area contributed by atoms with Gasteiger partial charge in [0.25, 0.3) is 0 Å². The predicted molar refractivity (Wildman–Crippen MR) is 117 cm³/mol. The Labute approximate surface area is 174 Å². The monoisotopic (exact) mass is 436 g/mol. The molecule has 0 saturated carbocycles. The Morgan fingerprint density at radius 2 is 1.07 bits per heavy atom. The Balaban J connectivity index is 0.00000210. The molecular formula is C25H26BrP. The lowest BCUT2D eigenvalue weighted by Crippen LogP contribution is -3.00. The van der Waals surface area contributed by atoms with Crippen LogP contribution in [-0.4, -0.2) is 5.66 Å². The Hall–Kier alpha value is -1.69. The van der Waals surface area contributed by atoms with Crippen molar-refractivity contribution in [2.45, 2.75) is 31.8 Å². The van der Waals surface area contributed by atoms with Crippen LogP contribution in [0.25, 0.3) is 0 Å². The molecule has 0 bridgehead atoms. The third kappa shape index (κ3) is 3.82. The largest absolute Gasteiger partial charge is 1.00 e. The van der Waals surface area contributed by atoms with E-state index in [9.17, 15) is 0 Å². The van der Waals surface area contributed by atoms with E-state index in [4.69, 9.17) is 0 Å². The molecule has 3 aromatic rings. The Morgan fingerprint density at radius 3 is 1.41 bits per heavy atom. The van der Waals surface area contributed by atoms with Crippen molar-refractivity contribution in [1.82, 2.24) is 0 Å². The van der Waals surface area contributed by atoms with Crippen LogP contribution in [0.5, 0.6) is 0 Å². The van der Waals surface area contributed by atoms with Crippen molar-refractivity contribution in [3.63, 3.8) is 0 Å². The van der Waals surface area contributed by atoms with Gasteiger partial charge in [0.2, 0.25) is 0 Å². The molecule has 1 aliphatic carbocycles. The van der Waals surface area contributed by atoms with Crippen LogP contribution in [0.4, 0.5) is 0 Å². The zero-order valence-corrected chi connectivity index (χ0v) is 18.2. The molecule has 138 valence electrons. The maximum Gasteiger partial charge on any atom is 0.115 e. The highest BCUT2D eigenvalue weighted by Crippen LogP contribution is 2.62. The minimum atomic E-state index is -1.70. The number of allylic oxidation sites excluding steroid dienone is 2. The fraction of sp³-hybridized carbons (Fsp3) is 0.200. The first kappa shape index (κ1) is 20.1. The molecule has 1 aliphatic rings. The van der Waals surface area contributed by atoms with Gasteiger partial charge in [-0.3, -0.25) is 0 Å². The second kappa shape index (κ2) is 9.00. The molecule has 1 unspecified atom stereocenters. The Kier molecular flexibility index (Phi) is 6.68. The van der Waals surface area contributed by atoms with Gasteiger partial charge in [0.15, 0.2) is 0 Å². The second-order valence-electron chi connectivity index (χ2n) is 7.21. The summed E-state index contributed by atoms with van der Waals surface area (Å²) in [6, 6.07) is 33.8. The van der Waals surface area contributed by atoms with Gasteiger partial charge in [0, 0.05) is 6.42 Å². The molecule has 0 radical (unpaired) electrons. The molecule has 4 rings (SSSR count). The van der Waals surface area contributed by atoms with Crippen molar-refractivity contribution in [3.8, 4) is 0 Å². The number of hydrogen-bond donors (Lipinski definition) is 0. The van der Waals surface area contributed by atoms with Crippen molar-refractivity contribution in [3.05, 3.63) is 103 Å². The van der Waals surface area contributed by atoms with Crippen molar-refractivity contribution in [1.29, 1.82) is 0 Å². The fourth-order valence-corrected chi connectivity index (χ4v) is 9.40. The maximum absolute atomic E-state index is 2.48. The molecular weight excluding hydrogens is 411 g/mol. The fourth-order valence-electron chi connectivity index (χ4n) is 4.37. The topological polar surface area (TPSA) is 0 Å². The molecule has 1 atom stereocenters.